The predicted octanol–water partition coefficient (Wildman–Crippen LogP) is 2.69. The standard InChI is InChI=1S/C16H21N5OS/c1-10(2)8-11-9-12(20-16(17)19-11)15(22)21-6-3-4-13(21)14-18-5-7-23-14/h5,7,9-10,13H,3-4,6,8H2,1-2H3,(H2,17,19,20)/t13-/m1/s1. The highest BCUT2D eigenvalue weighted by Crippen LogP contribution is 2.33. The van der Waals surface area contributed by atoms with Crippen molar-refractivity contribution in [2.45, 2.75) is 39.2 Å². The minimum Gasteiger partial charge on any atom is -0.368 e. The van der Waals surface area contributed by atoms with Gasteiger partial charge in [0.2, 0.25) is 5.95 Å². The predicted molar refractivity (Wildman–Crippen MR) is 90.1 cm³/mol. The number of carbonyl (C=O) groups is 1. The summed E-state index contributed by atoms with van der Waals surface area (Å²) in [6.07, 6.45) is 4.49. The van der Waals surface area contributed by atoms with Crippen LogP contribution >= 0.6 is 11.3 Å². The van der Waals surface area contributed by atoms with Crippen LogP contribution in [0, 0.1) is 5.92 Å². The maximum absolute atomic E-state index is 12.9. The third kappa shape index (κ3) is 3.50. The van der Waals surface area contributed by atoms with Gasteiger partial charge in [-0.05, 0) is 31.2 Å². The molecule has 1 saturated heterocycles. The van der Waals surface area contributed by atoms with Crippen LogP contribution < -0.4 is 5.73 Å². The van der Waals surface area contributed by atoms with Gasteiger partial charge in [-0.1, -0.05) is 13.8 Å². The summed E-state index contributed by atoms with van der Waals surface area (Å²) in [6, 6.07) is 1.82. The fraction of sp³-hybridized carbons (Fsp3) is 0.500. The van der Waals surface area contributed by atoms with Crippen LogP contribution in [0.2, 0.25) is 0 Å². The first-order valence-corrected chi connectivity index (χ1v) is 8.76. The maximum atomic E-state index is 12.9. The highest BCUT2D eigenvalue weighted by molar-refractivity contribution is 7.09. The van der Waals surface area contributed by atoms with Crippen LogP contribution in [0.1, 0.15) is 53.9 Å². The van der Waals surface area contributed by atoms with Gasteiger partial charge in [0, 0.05) is 23.8 Å². The summed E-state index contributed by atoms with van der Waals surface area (Å²) in [4.78, 5) is 27.5. The number of amides is 1. The Kier molecular flexibility index (Phi) is 4.56. The topological polar surface area (TPSA) is 85.0 Å². The molecule has 0 aromatic carbocycles. The Labute approximate surface area is 139 Å². The van der Waals surface area contributed by atoms with Gasteiger partial charge in [-0.2, -0.15) is 0 Å². The number of nitrogen functional groups attached to an aromatic ring is 1. The smallest absolute Gasteiger partial charge is 0.273 e. The first-order chi connectivity index (χ1) is 11.0. The van der Waals surface area contributed by atoms with Gasteiger partial charge < -0.3 is 10.6 Å². The van der Waals surface area contributed by atoms with Gasteiger partial charge in [0.25, 0.3) is 5.91 Å². The van der Waals surface area contributed by atoms with E-state index in [-0.39, 0.29) is 17.9 Å². The summed E-state index contributed by atoms with van der Waals surface area (Å²) < 4.78 is 0. The monoisotopic (exact) mass is 331 g/mol. The first kappa shape index (κ1) is 15.9. The molecule has 23 heavy (non-hydrogen) atoms. The van der Waals surface area contributed by atoms with E-state index in [2.05, 4.69) is 28.8 Å². The molecule has 6 nitrogen and oxygen atoms in total. The second kappa shape index (κ2) is 6.62. The molecule has 2 aromatic rings. The van der Waals surface area contributed by atoms with Crippen molar-refractivity contribution in [2.75, 3.05) is 12.3 Å². The fourth-order valence-electron chi connectivity index (χ4n) is 2.96. The molecule has 0 spiro atoms. The SMILES string of the molecule is CC(C)Cc1cc(C(=O)N2CCC[C@@H]2c2nccs2)nc(N)n1. The van der Waals surface area contributed by atoms with Crippen LogP contribution in [0.15, 0.2) is 17.6 Å². The number of nitrogens with zero attached hydrogens (tertiary/aromatic N) is 4. The third-order valence-electron chi connectivity index (χ3n) is 3.88. The van der Waals surface area contributed by atoms with E-state index in [0.717, 1.165) is 36.5 Å². The number of hydrogen-bond acceptors (Lipinski definition) is 6. The number of hydrogen-bond donors (Lipinski definition) is 1. The number of thiazole rings is 1. The minimum absolute atomic E-state index is 0.0484. The summed E-state index contributed by atoms with van der Waals surface area (Å²) in [5.74, 6) is 0.528. The molecule has 1 aliphatic rings. The molecule has 3 rings (SSSR count). The lowest BCUT2D eigenvalue weighted by molar-refractivity contribution is 0.0729. The zero-order valence-corrected chi connectivity index (χ0v) is 14.2. The second-order valence-corrected chi connectivity index (χ2v) is 7.15. The molecule has 122 valence electrons. The van der Waals surface area contributed by atoms with Crippen LogP contribution in [-0.4, -0.2) is 32.3 Å². The molecular formula is C16H21N5OS. The van der Waals surface area contributed by atoms with Gasteiger partial charge in [0.15, 0.2) is 0 Å². The quantitative estimate of drug-likeness (QED) is 0.931. The van der Waals surface area contributed by atoms with E-state index in [1.54, 1.807) is 23.6 Å². The normalized spacial score (nSPS) is 17.9. The minimum atomic E-state index is -0.0817. The molecule has 0 aliphatic carbocycles. The summed E-state index contributed by atoms with van der Waals surface area (Å²) in [5.41, 5.74) is 7.00. The lowest BCUT2D eigenvalue weighted by Gasteiger charge is -2.23. The van der Waals surface area contributed by atoms with Crippen molar-refractivity contribution in [3.05, 3.63) is 34.0 Å². The van der Waals surface area contributed by atoms with Crippen LogP contribution in [0.3, 0.4) is 0 Å². The third-order valence-corrected chi connectivity index (χ3v) is 4.76. The van der Waals surface area contributed by atoms with E-state index >= 15 is 0 Å². The van der Waals surface area contributed by atoms with Crippen molar-refractivity contribution in [2.24, 2.45) is 5.92 Å². The van der Waals surface area contributed by atoms with Crippen LogP contribution in [0.5, 0.6) is 0 Å². The summed E-state index contributed by atoms with van der Waals surface area (Å²) >= 11 is 1.59. The molecule has 2 N–H and O–H groups in total. The Morgan fingerprint density at radius 3 is 3.00 bits per heavy atom. The molecular weight excluding hydrogens is 310 g/mol. The lowest BCUT2D eigenvalue weighted by atomic mass is 10.1. The van der Waals surface area contributed by atoms with Gasteiger partial charge in [-0.15, -0.1) is 11.3 Å². The molecule has 1 aliphatic heterocycles. The van der Waals surface area contributed by atoms with E-state index in [4.69, 9.17) is 5.73 Å². The molecule has 0 bridgehead atoms. The lowest BCUT2D eigenvalue weighted by Crippen LogP contribution is -2.31. The zero-order chi connectivity index (χ0) is 16.4. The van der Waals surface area contributed by atoms with Crippen LogP contribution in [0.25, 0.3) is 0 Å². The number of nitrogens with two attached hydrogens (primary N) is 1. The van der Waals surface area contributed by atoms with Crippen molar-refractivity contribution in [3.63, 3.8) is 0 Å². The summed E-state index contributed by atoms with van der Waals surface area (Å²) in [5, 5.41) is 2.93. The van der Waals surface area contributed by atoms with E-state index in [1.807, 2.05) is 10.3 Å². The Hall–Kier alpha value is -2.02. The number of anilines is 1. The van der Waals surface area contributed by atoms with Crippen molar-refractivity contribution in [3.8, 4) is 0 Å². The van der Waals surface area contributed by atoms with Gasteiger partial charge in [-0.25, -0.2) is 15.0 Å². The molecule has 3 heterocycles. The molecule has 0 unspecified atom stereocenters. The Balaban J connectivity index is 1.86. The molecule has 1 atom stereocenters. The molecule has 1 fully saturated rings. The largest absolute Gasteiger partial charge is 0.368 e. The van der Waals surface area contributed by atoms with E-state index < -0.39 is 0 Å². The fourth-order valence-corrected chi connectivity index (χ4v) is 3.75. The van der Waals surface area contributed by atoms with Gasteiger partial charge in [0.05, 0.1) is 6.04 Å². The van der Waals surface area contributed by atoms with Crippen molar-refractivity contribution in [1.82, 2.24) is 19.9 Å². The van der Waals surface area contributed by atoms with E-state index in [0.29, 0.717) is 11.6 Å². The van der Waals surface area contributed by atoms with E-state index in [9.17, 15) is 4.79 Å². The molecule has 1 amide bonds. The van der Waals surface area contributed by atoms with Crippen LogP contribution in [0.4, 0.5) is 5.95 Å². The van der Waals surface area contributed by atoms with E-state index in [1.165, 1.54) is 0 Å². The zero-order valence-electron chi connectivity index (χ0n) is 13.4. The number of aromatic nitrogens is 3. The van der Waals surface area contributed by atoms with Gasteiger partial charge in [0.1, 0.15) is 10.7 Å². The van der Waals surface area contributed by atoms with Crippen molar-refractivity contribution in [1.29, 1.82) is 0 Å². The maximum Gasteiger partial charge on any atom is 0.273 e. The number of likely N-dealkylation sites (tertiary alicyclic amines) is 1. The number of carbonyl (C=O) groups excluding carboxylic acids is 1. The molecule has 2 aromatic heterocycles. The number of rotatable bonds is 4. The van der Waals surface area contributed by atoms with Gasteiger partial charge >= 0.3 is 0 Å². The molecule has 0 radical (unpaired) electrons. The van der Waals surface area contributed by atoms with Crippen molar-refractivity contribution < 1.29 is 4.79 Å². The highest BCUT2D eigenvalue weighted by Gasteiger charge is 2.33. The average Bonchev–Trinajstić information content (AvgIpc) is 3.15. The Bertz CT molecular complexity index is 686. The van der Waals surface area contributed by atoms with Crippen molar-refractivity contribution >= 4 is 23.2 Å². The molecule has 7 heteroatoms. The Morgan fingerprint density at radius 1 is 1.48 bits per heavy atom. The first-order valence-electron chi connectivity index (χ1n) is 7.88. The summed E-state index contributed by atoms with van der Waals surface area (Å²) in [6.45, 7) is 4.95. The van der Waals surface area contributed by atoms with Crippen LogP contribution in [-0.2, 0) is 6.42 Å². The van der Waals surface area contributed by atoms with Gasteiger partial charge in [-0.3, -0.25) is 4.79 Å². The summed E-state index contributed by atoms with van der Waals surface area (Å²) in [7, 11) is 0. The Morgan fingerprint density at radius 2 is 2.30 bits per heavy atom. The highest BCUT2D eigenvalue weighted by atomic mass is 32.1. The second-order valence-electron chi connectivity index (χ2n) is 6.23. The molecule has 0 saturated carbocycles. The average molecular weight is 331 g/mol.